The van der Waals surface area contributed by atoms with Crippen molar-refractivity contribution in [3.8, 4) is 11.3 Å². The molecule has 164 valence electrons. The summed E-state index contributed by atoms with van der Waals surface area (Å²) < 4.78 is 0. The summed E-state index contributed by atoms with van der Waals surface area (Å²) in [5, 5.41) is 3.33. The van der Waals surface area contributed by atoms with Crippen molar-refractivity contribution in [1.82, 2.24) is 15.3 Å². The Morgan fingerprint density at radius 2 is 1.97 bits per heavy atom. The number of pyridine rings is 2. The number of anilines is 2. The van der Waals surface area contributed by atoms with E-state index in [9.17, 15) is 9.59 Å². The number of carbonyl (C=O) groups excluding carboxylic acids is 2. The van der Waals surface area contributed by atoms with Crippen molar-refractivity contribution in [2.24, 2.45) is 5.92 Å². The van der Waals surface area contributed by atoms with Crippen LogP contribution in [0.2, 0.25) is 5.02 Å². The molecule has 8 heteroatoms. The number of aromatic nitrogens is 2. The summed E-state index contributed by atoms with van der Waals surface area (Å²) in [6.45, 7) is 2.58. The van der Waals surface area contributed by atoms with Crippen LogP contribution in [0.1, 0.15) is 35.7 Å². The third-order valence-corrected chi connectivity index (χ3v) is 5.65. The van der Waals surface area contributed by atoms with Gasteiger partial charge in [0, 0.05) is 44.2 Å². The van der Waals surface area contributed by atoms with Crippen LogP contribution in [0.5, 0.6) is 0 Å². The van der Waals surface area contributed by atoms with Crippen molar-refractivity contribution < 1.29 is 9.59 Å². The van der Waals surface area contributed by atoms with Crippen LogP contribution in [0, 0.1) is 5.92 Å². The van der Waals surface area contributed by atoms with Crippen molar-refractivity contribution in [2.75, 3.05) is 17.2 Å². The molecule has 0 atom stereocenters. The van der Waals surface area contributed by atoms with E-state index >= 15 is 0 Å². The zero-order valence-corrected chi connectivity index (χ0v) is 18.5. The van der Waals surface area contributed by atoms with Crippen LogP contribution in [0.4, 0.5) is 11.4 Å². The maximum absolute atomic E-state index is 12.4. The van der Waals surface area contributed by atoms with Gasteiger partial charge in [-0.05, 0) is 54.7 Å². The average Bonchev–Trinajstić information content (AvgIpc) is 3.60. The van der Waals surface area contributed by atoms with Gasteiger partial charge >= 0.3 is 0 Å². The van der Waals surface area contributed by atoms with Gasteiger partial charge in [0.1, 0.15) is 0 Å². The second-order valence-electron chi connectivity index (χ2n) is 7.98. The third-order valence-electron chi connectivity index (χ3n) is 5.35. The van der Waals surface area contributed by atoms with Gasteiger partial charge in [-0.2, -0.15) is 0 Å². The number of carbonyl (C=O) groups is 2. The lowest BCUT2D eigenvalue weighted by Gasteiger charge is -2.22. The van der Waals surface area contributed by atoms with Crippen LogP contribution in [-0.4, -0.2) is 28.3 Å². The molecule has 1 aliphatic rings. The van der Waals surface area contributed by atoms with Gasteiger partial charge in [-0.15, -0.1) is 0 Å². The van der Waals surface area contributed by atoms with Gasteiger partial charge in [-0.25, -0.2) is 0 Å². The fourth-order valence-corrected chi connectivity index (χ4v) is 3.71. The summed E-state index contributed by atoms with van der Waals surface area (Å²) in [6, 6.07) is 10.8. The molecule has 0 radical (unpaired) electrons. The van der Waals surface area contributed by atoms with Crippen molar-refractivity contribution in [3.63, 3.8) is 0 Å². The number of nitrogen functional groups attached to an aromatic ring is 1. The lowest BCUT2D eigenvalue weighted by molar-refractivity contribution is -0.116. The molecule has 3 N–H and O–H groups in total. The van der Waals surface area contributed by atoms with E-state index < -0.39 is 0 Å². The molecule has 1 fully saturated rings. The molecule has 4 rings (SSSR count). The highest BCUT2D eigenvalue weighted by Gasteiger charge is 2.27. The first-order valence-electron chi connectivity index (χ1n) is 10.4. The molecule has 1 aliphatic carbocycles. The Morgan fingerprint density at radius 3 is 2.59 bits per heavy atom. The van der Waals surface area contributed by atoms with Crippen LogP contribution < -0.4 is 16.0 Å². The van der Waals surface area contributed by atoms with Crippen molar-refractivity contribution in [3.05, 3.63) is 71.1 Å². The minimum atomic E-state index is -0.239. The number of hydrogen-bond acceptors (Lipinski definition) is 5. The van der Waals surface area contributed by atoms with Gasteiger partial charge in [0.2, 0.25) is 5.91 Å². The summed E-state index contributed by atoms with van der Waals surface area (Å²) in [4.78, 5) is 34.7. The predicted molar refractivity (Wildman–Crippen MR) is 125 cm³/mol. The number of nitrogens with zero attached hydrogens (tertiary/aromatic N) is 3. The quantitative estimate of drug-likeness (QED) is 0.566. The van der Waals surface area contributed by atoms with E-state index in [0.717, 1.165) is 24.0 Å². The van der Waals surface area contributed by atoms with E-state index in [1.807, 2.05) is 12.1 Å². The first-order valence-corrected chi connectivity index (χ1v) is 10.8. The number of nitrogens with two attached hydrogens (primary N) is 1. The minimum absolute atomic E-state index is 0.0194. The molecule has 0 spiro atoms. The molecular weight excluding hydrogens is 426 g/mol. The maximum atomic E-state index is 12.4. The molecule has 0 bridgehead atoms. The lowest BCUT2D eigenvalue weighted by Crippen LogP contribution is -2.30. The van der Waals surface area contributed by atoms with Gasteiger partial charge in [0.15, 0.2) is 0 Å². The summed E-state index contributed by atoms with van der Waals surface area (Å²) >= 11 is 6.51. The first kappa shape index (κ1) is 21.8. The smallest absolute Gasteiger partial charge is 0.253 e. The molecule has 0 aliphatic heterocycles. The molecular formula is C24H24ClN5O2. The highest BCUT2D eigenvalue weighted by molar-refractivity contribution is 6.34. The van der Waals surface area contributed by atoms with E-state index in [4.69, 9.17) is 17.3 Å². The molecule has 0 unspecified atom stereocenters. The van der Waals surface area contributed by atoms with E-state index in [1.165, 1.54) is 6.20 Å². The van der Waals surface area contributed by atoms with Crippen LogP contribution >= 0.6 is 11.6 Å². The topological polar surface area (TPSA) is 101 Å². The summed E-state index contributed by atoms with van der Waals surface area (Å²) in [7, 11) is 0. The van der Waals surface area contributed by atoms with Crippen LogP contribution in [0.15, 0.2) is 55.0 Å². The molecule has 2 amide bonds. The fourth-order valence-electron chi connectivity index (χ4n) is 3.43. The Balaban J connectivity index is 1.44. The zero-order valence-electron chi connectivity index (χ0n) is 17.7. The lowest BCUT2D eigenvalue weighted by atomic mass is 10.1. The van der Waals surface area contributed by atoms with Gasteiger partial charge in [0.25, 0.3) is 5.91 Å². The Morgan fingerprint density at radius 1 is 1.16 bits per heavy atom. The Kier molecular flexibility index (Phi) is 6.37. The molecule has 1 saturated carbocycles. The van der Waals surface area contributed by atoms with E-state index in [2.05, 4.69) is 15.3 Å². The SMILES string of the molecule is CC(=O)N(CC1CC1)c1ccc(-c2ccc(C(=O)NCc3cncc(N)c3)cn2)cc1Cl. The first-order chi connectivity index (χ1) is 15.4. The molecule has 2 heterocycles. The van der Waals surface area contributed by atoms with E-state index in [-0.39, 0.29) is 11.8 Å². The number of benzene rings is 1. The van der Waals surface area contributed by atoms with Crippen molar-refractivity contribution in [1.29, 1.82) is 0 Å². The molecule has 1 aromatic carbocycles. The molecule has 0 saturated heterocycles. The normalized spacial score (nSPS) is 12.9. The molecule has 32 heavy (non-hydrogen) atoms. The van der Waals surface area contributed by atoms with Crippen molar-refractivity contribution >= 4 is 34.8 Å². The Hall–Kier alpha value is -3.45. The average molecular weight is 450 g/mol. The monoisotopic (exact) mass is 449 g/mol. The second kappa shape index (κ2) is 9.36. The maximum Gasteiger partial charge on any atom is 0.253 e. The van der Waals surface area contributed by atoms with Crippen molar-refractivity contribution in [2.45, 2.75) is 26.3 Å². The summed E-state index contributed by atoms with van der Waals surface area (Å²) in [5.41, 5.74) is 9.73. The van der Waals surface area contributed by atoms with E-state index in [0.29, 0.717) is 46.7 Å². The number of nitrogens with one attached hydrogen (secondary N) is 1. The molecule has 2 aromatic heterocycles. The van der Waals surface area contributed by atoms with Crippen LogP contribution in [0.3, 0.4) is 0 Å². The summed E-state index contributed by atoms with van der Waals surface area (Å²) in [6.07, 6.45) is 7.04. The van der Waals surface area contributed by atoms with Gasteiger partial charge in [0.05, 0.1) is 27.7 Å². The van der Waals surface area contributed by atoms with Gasteiger partial charge in [-0.1, -0.05) is 17.7 Å². The van der Waals surface area contributed by atoms with Gasteiger partial charge < -0.3 is 16.0 Å². The van der Waals surface area contributed by atoms with Gasteiger partial charge in [-0.3, -0.25) is 19.6 Å². The minimum Gasteiger partial charge on any atom is -0.397 e. The van der Waals surface area contributed by atoms with Crippen LogP contribution in [-0.2, 0) is 11.3 Å². The molecule has 7 nitrogen and oxygen atoms in total. The number of halogens is 1. The summed E-state index contributed by atoms with van der Waals surface area (Å²) in [5.74, 6) is 0.302. The standard InChI is InChI=1S/C24H24ClN5O2/c1-15(31)30(14-16-2-3-16)23-7-5-18(9-21(23)25)22-6-4-19(12-28-22)24(32)29-11-17-8-20(26)13-27-10-17/h4-10,12-13,16H,2-3,11,14,26H2,1H3,(H,29,32). The Bertz CT molecular complexity index is 1150. The zero-order chi connectivity index (χ0) is 22.7. The highest BCUT2D eigenvalue weighted by atomic mass is 35.5. The van der Waals surface area contributed by atoms with E-state index in [1.54, 1.807) is 48.5 Å². The number of amides is 2. The predicted octanol–water partition coefficient (Wildman–Crippen LogP) is 4.07. The Labute approximate surface area is 191 Å². The largest absolute Gasteiger partial charge is 0.397 e. The second-order valence-corrected chi connectivity index (χ2v) is 8.39. The fraction of sp³-hybridized carbons (Fsp3) is 0.250. The van der Waals surface area contributed by atoms with Crippen LogP contribution in [0.25, 0.3) is 11.3 Å². The third kappa shape index (κ3) is 5.23. The number of rotatable bonds is 7. The number of hydrogen-bond donors (Lipinski definition) is 2. The molecule has 3 aromatic rings. The highest BCUT2D eigenvalue weighted by Crippen LogP contribution is 2.35.